The molecule has 0 radical (unpaired) electrons. The third kappa shape index (κ3) is 5.06. The lowest BCUT2D eigenvalue weighted by Crippen LogP contribution is -2.38. The first-order valence-electron chi connectivity index (χ1n) is 7.05. The van der Waals surface area contributed by atoms with Crippen LogP contribution in [0.15, 0.2) is 18.2 Å². The Morgan fingerprint density at radius 3 is 2.95 bits per heavy atom. The van der Waals surface area contributed by atoms with Crippen molar-refractivity contribution in [1.82, 2.24) is 5.32 Å². The number of carboxylic acid groups (broad SMARTS) is 1. The summed E-state index contributed by atoms with van der Waals surface area (Å²) in [4.78, 5) is 10.9. The first kappa shape index (κ1) is 15.9. The van der Waals surface area contributed by atoms with Crippen molar-refractivity contribution < 1.29 is 23.4 Å². The van der Waals surface area contributed by atoms with Crippen LogP contribution in [0.1, 0.15) is 24.8 Å². The van der Waals surface area contributed by atoms with Crippen molar-refractivity contribution in [2.24, 2.45) is 0 Å². The zero-order valence-electron chi connectivity index (χ0n) is 11.6. The number of nitrogens with one attached hydrogen (secondary N) is 1. The Morgan fingerprint density at radius 1 is 1.48 bits per heavy atom. The van der Waals surface area contributed by atoms with E-state index in [0.29, 0.717) is 13.2 Å². The highest BCUT2D eigenvalue weighted by Crippen LogP contribution is 2.15. The van der Waals surface area contributed by atoms with Crippen molar-refractivity contribution in [3.8, 4) is 0 Å². The third-order valence-corrected chi connectivity index (χ3v) is 3.55. The minimum Gasteiger partial charge on any atom is -0.481 e. The molecule has 1 aliphatic heterocycles. The molecule has 0 amide bonds. The molecule has 1 aromatic rings. The van der Waals surface area contributed by atoms with Gasteiger partial charge in [0.1, 0.15) is 11.6 Å². The average Bonchev–Trinajstić information content (AvgIpc) is 2.93. The molecule has 0 aliphatic carbocycles. The van der Waals surface area contributed by atoms with Crippen molar-refractivity contribution in [2.45, 2.75) is 37.8 Å². The summed E-state index contributed by atoms with van der Waals surface area (Å²) in [7, 11) is 0. The maximum Gasteiger partial charge on any atom is 0.304 e. The van der Waals surface area contributed by atoms with Gasteiger partial charge in [-0.3, -0.25) is 4.79 Å². The van der Waals surface area contributed by atoms with E-state index in [1.165, 1.54) is 0 Å². The van der Waals surface area contributed by atoms with Gasteiger partial charge in [-0.05, 0) is 43.0 Å². The van der Waals surface area contributed by atoms with Crippen LogP contribution in [0.25, 0.3) is 0 Å². The maximum absolute atomic E-state index is 13.6. The molecule has 1 fully saturated rings. The molecule has 0 spiro atoms. The van der Waals surface area contributed by atoms with Crippen LogP contribution in [0.5, 0.6) is 0 Å². The van der Waals surface area contributed by atoms with Crippen molar-refractivity contribution in [1.29, 1.82) is 0 Å². The van der Waals surface area contributed by atoms with Crippen LogP contribution in [0.2, 0.25) is 0 Å². The van der Waals surface area contributed by atoms with Crippen LogP contribution in [0.3, 0.4) is 0 Å². The van der Waals surface area contributed by atoms with Crippen LogP contribution >= 0.6 is 0 Å². The molecule has 4 nitrogen and oxygen atoms in total. The van der Waals surface area contributed by atoms with Gasteiger partial charge in [0.2, 0.25) is 0 Å². The van der Waals surface area contributed by atoms with Crippen LogP contribution < -0.4 is 5.32 Å². The summed E-state index contributed by atoms with van der Waals surface area (Å²) in [6.07, 6.45) is 1.97. The lowest BCUT2D eigenvalue weighted by atomic mass is 10.0. The number of hydrogen-bond acceptors (Lipinski definition) is 3. The number of benzene rings is 1. The second-order valence-corrected chi connectivity index (χ2v) is 5.28. The fourth-order valence-corrected chi connectivity index (χ4v) is 2.50. The topological polar surface area (TPSA) is 58.6 Å². The monoisotopic (exact) mass is 299 g/mol. The number of carbonyl (C=O) groups is 1. The Morgan fingerprint density at radius 2 is 2.29 bits per heavy atom. The minimum atomic E-state index is -0.975. The molecule has 116 valence electrons. The number of hydrogen-bond donors (Lipinski definition) is 2. The molecule has 21 heavy (non-hydrogen) atoms. The van der Waals surface area contributed by atoms with E-state index in [0.717, 1.165) is 31.0 Å². The zero-order chi connectivity index (χ0) is 15.2. The molecule has 1 heterocycles. The molecule has 2 unspecified atom stereocenters. The van der Waals surface area contributed by atoms with Crippen LogP contribution in [-0.4, -0.2) is 36.4 Å². The largest absolute Gasteiger partial charge is 0.481 e. The molecule has 2 atom stereocenters. The summed E-state index contributed by atoms with van der Waals surface area (Å²) in [6, 6.07) is 2.76. The zero-order valence-corrected chi connectivity index (χ0v) is 11.6. The summed E-state index contributed by atoms with van der Waals surface area (Å²) >= 11 is 0. The van der Waals surface area contributed by atoms with Gasteiger partial charge < -0.3 is 15.2 Å². The van der Waals surface area contributed by atoms with E-state index in [4.69, 9.17) is 9.84 Å². The molecule has 1 aromatic carbocycles. The quantitative estimate of drug-likeness (QED) is 0.809. The molecule has 1 saturated heterocycles. The van der Waals surface area contributed by atoms with Gasteiger partial charge in [0, 0.05) is 19.2 Å². The van der Waals surface area contributed by atoms with Crippen molar-refractivity contribution in [3.63, 3.8) is 0 Å². The highest BCUT2D eigenvalue weighted by molar-refractivity contribution is 5.67. The fourth-order valence-electron chi connectivity index (χ4n) is 2.50. The first-order valence-corrected chi connectivity index (χ1v) is 7.05. The number of aliphatic carboxylic acids is 1. The highest BCUT2D eigenvalue weighted by Gasteiger charge is 2.20. The van der Waals surface area contributed by atoms with E-state index < -0.39 is 23.6 Å². The Kier molecular flexibility index (Phi) is 5.64. The van der Waals surface area contributed by atoms with Crippen LogP contribution in [0, 0.1) is 11.6 Å². The normalized spacial score (nSPS) is 19.6. The molecular formula is C15H19F2NO3. The predicted molar refractivity (Wildman–Crippen MR) is 73.1 cm³/mol. The van der Waals surface area contributed by atoms with Crippen LogP contribution in [-0.2, 0) is 16.0 Å². The summed E-state index contributed by atoms with van der Waals surface area (Å²) in [5.41, 5.74) is 0.182. The number of ether oxygens (including phenoxy) is 1. The van der Waals surface area contributed by atoms with E-state index >= 15 is 0 Å². The smallest absolute Gasteiger partial charge is 0.304 e. The minimum absolute atomic E-state index is 0.0682. The summed E-state index contributed by atoms with van der Waals surface area (Å²) in [6.45, 7) is 1.24. The fraction of sp³-hybridized carbons (Fsp3) is 0.533. The second-order valence-electron chi connectivity index (χ2n) is 5.28. The Hall–Kier alpha value is -1.53. The number of rotatable bonds is 7. The Labute approximate surface area is 122 Å². The van der Waals surface area contributed by atoms with E-state index in [1.54, 1.807) is 0 Å². The average molecular weight is 299 g/mol. The van der Waals surface area contributed by atoms with Gasteiger partial charge in [-0.1, -0.05) is 0 Å². The van der Waals surface area contributed by atoms with E-state index in [9.17, 15) is 13.6 Å². The number of carboxylic acids is 1. The second kappa shape index (κ2) is 7.47. The van der Waals surface area contributed by atoms with E-state index in [1.807, 2.05) is 0 Å². The van der Waals surface area contributed by atoms with Gasteiger partial charge in [-0.15, -0.1) is 0 Å². The molecule has 0 aromatic heterocycles. The van der Waals surface area contributed by atoms with Crippen molar-refractivity contribution in [2.75, 3.05) is 13.2 Å². The SMILES string of the molecule is O=C(O)CC(Cc1cc(F)ccc1F)NCC1CCCO1. The van der Waals surface area contributed by atoms with Gasteiger partial charge in [0.15, 0.2) is 0 Å². The molecular weight excluding hydrogens is 280 g/mol. The molecule has 6 heteroatoms. The lowest BCUT2D eigenvalue weighted by molar-refractivity contribution is -0.137. The van der Waals surface area contributed by atoms with E-state index in [2.05, 4.69) is 5.32 Å². The van der Waals surface area contributed by atoms with Crippen LogP contribution in [0.4, 0.5) is 8.78 Å². The van der Waals surface area contributed by atoms with Gasteiger partial charge in [0.05, 0.1) is 12.5 Å². The van der Waals surface area contributed by atoms with Crippen molar-refractivity contribution in [3.05, 3.63) is 35.4 Å². The molecule has 2 rings (SSSR count). The highest BCUT2D eigenvalue weighted by atomic mass is 19.1. The van der Waals surface area contributed by atoms with Gasteiger partial charge in [-0.25, -0.2) is 8.78 Å². The molecule has 0 saturated carbocycles. The number of halogens is 2. The first-order chi connectivity index (χ1) is 10.0. The molecule has 1 aliphatic rings. The Bertz CT molecular complexity index is 490. The Balaban J connectivity index is 1.97. The summed E-state index contributed by atoms with van der Waals surface area (Å²) < 4.78 is 32.3. The van der Waals surface area contributed by atoms with Gasteiger partial charge in [0.25, 0.3) is 0 Å². The summed E-state index contributed by atoms with van der Waals surface area (Å²) in [5, 5.41) is 12.0. The molecule has 2 N–H and O–H groups in total. The molecule has 0 bridgehead atoms. The van der Waals surface area contributed by atoms with Gasteiger partial charge >= 0.3 is 5.97 Å². The maximum atomic E-state index is 13.6. The third-order valence-electron chi connectivity index (χ3n) is 3.55. The van der Waals surface area contributed by atoms with Gasteiger partial charge in [-0.2, -0.15) is 0 Å². The standard InChI is InChI=1S/C15H19F2NO3/c16-11-3-4-14(17)10(6-11)7-12(8-15(19)20)18-9-13-2-1-5-21-13/h3-4,6,12-13,18H,1-2,5,7-9H2,(H,19,20). The van der Waals surface area contributed by atoms with Crippen molar-refractivity contribution >= 4 is 5.97 Å². The lowest BCUT2D eigenvalue weighted by Gasteiger charge is -2.19. The predicted octanol–water partition coefficient (Wildman–Crippen LogP) is 2.12. The van der Waals surface area contributed by atoms with E-state index in [-0.39, 0.29) is 24.5 Å². The summed E-state index contributed by atoms with van der Waals surface area (Å²) in [5.74, 6) is -2.03.